The van der Waals surface area contributed by atoms with Gasteiger partial charge in [-0.3, -0.25) is 4.98 Å². The van der Waals surface area contributed by atoms with E-state index in [0.29, 0.717) is 54.5 Å². The molecule has 4 heterocycles. The standard InChI is InChI=1S/C20H23F3N4O4S/c1-12-18(25-11-26-19(12)31-17-4-3-7-24-13(17)2)30-16-8-14-5-6-15(9-16)27(14)32(28,29)10-20(21,22)23/h3-4,7,11,14-16H,5-6,8-10H2,1-2H3/t14-,15+,16?. The molecule has 0 aliphatic carbocycles. The van der Waals surface area contributed by atoms with Gasteiger partial charge < -0.3 is 9.47 Å². The molecule has 0 N–H and O–H groups in total. The molecule has 2 saturated heterocycles. The van der Waals surface area contributed by atoms with Gasteiger partial charge in [0.25, 0.3) is 0 Å². The quantitative estimate of drug-likeness (QED) is 0.635. The van der Waals surface area contributed by atoms with Crippen LogP contribution in [0, 0.1) is 13.8 Å². The summed E-state index contributed by atoms with van der Waals surface area (Å²) in [5.41, 5.74) is 1.26. The van der Waals surface area contributed by atoms with Gasteiger partial charge in [0.1, 0.15) is 12.4 Å². The molecule has 174 valence electrons. The van der Waals surface area contributed by atoms with Crippen LogP contribution in [0.25, 0.3) is 0 Å². The molecule has 3 atom stereocenters. The molecule has 0 amide bonds. The van der Waals surface area contributed by atoms with Crippen LogP contribution in [0.3, 0.4) is 0 Å². The normalized spacial score (nSPS) is 23.8. The van der Waals surface area contributed by atoms with Gasteiger partial charge >= 0.3 is 6.18 Å². The number of hydrogen-bond donors (Lipinski definition) is 0. The van der Waals surface area contributed by atoms with Crippen molar-refractivity contribution in [2.24, 2.45) is 0 Å². The fraction of sp³-hybridized carbons (Fsp3) is 0.550. The molecule has 0 saturated carbocycles. The lowest BCUT2D eigenvalue weighted by molar-refractivity contribution is -0.107. The number of aryl methyl sites for hydroxylation is 1. The Morgan fingerprint density at radius 3 is 2.38 bits per heavy atom. The van der Waals surface area contributed by atoms with Gasteiger partial charge in [-0.05, 0) is 38.8 Å². The summed E-state index contributed by atoms with van der Waals surface area (Å²) in [7, 11) is -4.43. The minimum atomic E-state index is -4.77. The lowest BCUT2D eigenvalue weighted by Gasteiger charge is -2.37. The van der Waals surface area contributed by atoms with Crippen LogP contribution in [0.2, 0.25) is 0 Å². The molecule has 0 spiro atoms. The van der Waals surface area contributed by atoms with E-state index in [1.807, 2.05) is 0 Å². The lowest BCUT2D eigenvalue weighted by Crippen LogP contribution is -2.51. The number of halogens is 3. The SMILES string of the molecule is Cc1ncccc1Oc1ncnc(OC2C[C@H]3CC[C@@H](C2)N3S(=O)(=O)CC(F)(F)F)c1C. The molecule has 2 bridgehead atoms. The molecule has 32 heavy (non-hydrogen) atoms. The maximum absolute atomic E-state index is 12.7. The number of ether oxygens (including phenoxy) is 2. The summed E-state index contributed by atoms with van der Waals surface area (Å²) < 4.78 is 75.9. The minimum Gasteiger partial charge on any atom is -0.474 e. The van der Waals surface area contributed by atoms with Gasteiger partial charge in [-0.1, -0.05) is 0 Å². The molecule has 1 unspecified atom stereocenters. The van der Waals surface area contributed by atoms with E-state index in [1.165, 1.54) is 6.33 Å². The van der Waals surface area contributed by atoms with Gasteiger partial charge in [0.15, 0.2) is 11.5 Å². The van der Waals surface area contributed by atoms with Crippen molar-refractivity contribution in [2.75, 3.05) is 5.75 Å². The Bertz CT molecular complexity index is 1080. The van der Waals surface area contributed by atoms with Gasteiger partial charge in [-0.2, -0.15) is 17.5 Å². The van der Waals surface area contributed by atoms with Crippen LogP contribution in [0.1, 0.15) is 36.9 Å². The summed E-state index contributed by atoms with van der Waals surface area (Å²) in [6.07, 6.45) is -0.555. The topological polar surface area (TPSA) is 94.5 Å². The van der Waals surface area contributed by atoms with Crippen LogP contribution in [-0.4, -0.2) is 57.8 Å². The molecule has 2 aromatic rings. The molecule has 0 aromatic carbocycles. The first-order chi connectivity index (χ1) is 15.0. The Hall–Kier alpha value is -2.47. The maximum Gasteiger partial charge on any atom is 0.404 e. The zero-order valence-corrected chi connectivity index (χ0v) is 18.4. The van der Waals surface area contributed by atoms with Crippen LogP contribution >= 0.6 is 0 Å². The number of hydrogen-bond acceptors (Lipinski definition) is 7. The monoisotopic (exact) mass is 472 g/mol. The first-order valence-electron chi connectivity index (χ1n) is 10.2. The molecule has 2 aliphatic heterocycles. The van der Waals surface area contributed by atoms with Crippen molar-refractivity contribution >= 4 is 10.0 Å². The molecule has 4 rings (SSSR count). The smallest absolute Gasteiger partial charge is 0.404 e. The van der Waals surface area contributed by atoms with Crippen LogP contribution in [0.4, 0.5) is 13.2 Å². The number of alkyl halides is 3. The van der Waals surface area contributed by atoms with E-state index in [-0.39, 0.29) is 6.10 Å². The third kappa shape index (κ3) is 4.80. The lowest BCUT2D eigenvalue weighted by atomic mass is 10.0. The Morgan fingerprint density at radius 1 is 1.09 bits per heavy atom. The highest BCUT2D eigenvalue weighted by atomic mass is 32.2. The Kier molecular flexibility index (Phi) is 6.01. The number of nitrogens with zero attached hydrogens (tertiary/aromatic N) is 4. The van der Waals surface area contributed by atoms with E-state index in [2.05, 4.69) is 15.0 Å². The zero-order chi connectivity index (χ0) is 23.1. The zero-order valence-electron chi connectivity index (χ0n) is 17.5. The first-order valence-corrected chi connectivity index (χ1v) is 11.8. The fourth-order valence-corrected chi connectivity index (χ4v) is 6.25. The predicted octanol–water partition coefficient (Wildman–Crippen LogP) is 3.55. The molecule has 12 heteroatoms. The van der Waals surface area contributed by atoms with Crippen LogP contribution in [0.15, 0.2) is 24.7 Å². The van der Waals surface area contributed by atoms with Crippen LogP contribution in [0.5, 0.6) is 17.5 Å². The molecule has 2 aromatic heterocycles. The molecular weight excluding hydrogens is 449 g/mol. The van der Waals surface area contributed by atoms with Crippen molar-refractivity contribution in [3.05, 3.63) is 35.9 Å². The largest absolute Gasteiger partial charge is 0.474 e. The van der Waals surface area contributed by atoms with E-state index in [4.69, 9.17) is 9.47 Å². The number of rotatable bonds is 6. The van der Waals surface area contributed by atoms with Gasteiger partial charge in [-0.15, -0.1) is 0 Å². The average Bonchev–Trinajstić information content (AvgIpc) is 2.97. The first kappa shape index (κ1) is 22.7. The number of fused-ring (bicyclic) bond motifs is 2. The Labute approximate surface area is 183 Å². The average molecular weight is 472 g/mol. The second-order valence-corrected chi connectivity index (χ2v) is 9.97. The highest BCUT2D eigenvalue weighted by molar-refractivity contribution is 7.89. The Balaban J connectivity index is 1.47. The van der Waals surface area contributed by atoms with E-state index in [1.54, 1.807) is 32.2 Å². The van der Waals surface area contributed by atoms with E-state index < -0.39 is 34.0 Å². The molecular formula is C20H23F3N4O4S. The van der Waals surface area contributed by atoms with Crippen molar-refractivity contribution in [3.63, 3.8) is 0 Å². The number of aromatic nitrogens is 3. The number of pyridine rings is 1. The van der Waals surface area contributed by atoms with E-state index in [0.717, 1.165) is 4.31 Å². The second kappa shape index (κ2) is 8.47. The van der Waals surface area contributed by atoms with Crippen LogP contribution in [-0.2, 0) is 10.0 Å². The molecule has 8 nitrogen and oxygen atoms in total. The third-order valence-corrected chi connectivity index (χ3v) is 7.66. The van der Waals surface area contributed by atoms with Gasteiger partial charge in [0, 0.05) is 31.1 Å². The summed E-state index contributed by atoms with van der Waals surface area (Å²) in [4.78, 5) is 12.5. The van der Waals surface area contributed by atoms with Crippen molar-refractivity contribution in [2.45, 2.75) is 63.9 Å². The van der Waals surface area contributed by atoms with E-state index >= 15 is 0 Å². The highest BCUT2D eigenvalue weighted by Gasteiger charge is 2.50. The predicted molar refractivity (Wildman–Crippen MR) is 108 cm³/mol. The van der Waals surface area contributed by atoms with Crippen molar-refractivity contribution in [1.29, 1.82) is 0 Å². The summed E-state index contributed by atoms with van der Waals surface area (Å²) in [6.45, 7) is 3.55. The number of sulfonamides is 1. The third-order valence-electron chi connectivity index (χ3n) is 5.73. The summed E-state index contributed by atoms with van der Waals surface area (Å²) in [5.74, 6) is -0.689. The van der Waals surface area contributed by atoms with Crippen molar-refractivity contribution in [3.8, 4) is 17.5 Å². The van der Waals surface area contributed by atoms with Gasteiger partial charge in [-0.25, -0.2) is 18.4 Å². The molecule has 0 radical (unpaired) electrons. The fourth-order valence-electron chi connectivity index (χ4n) is 4.40. The second-order valence-electron chi connectivity index (χ2n) is 8.10. The summed E-state index contributed by atoms with van der Waals surface area (Å²) in [5, 5.41) is 0. The molecule has 2 fully saturated rings. The minimum absolute atomic E-state index is 0.299. The van der Waals surface area contributed by atoms with Crippen LogP contribution < -0.4 is 9.47 Å². The van der Waals surface area contributed by atoms with Crippen molar-refractivity contribution in [1.82, 2.24) is 19.3 Å². The van der Waals surface area contributed by atoms with Gasteiger partial charge in [0.05, 0.1) is 11.3 Å². The summed E-state index contributed by atoms with van der Waals surface area (Å²) >= 11 is 0. The maximum atomic E-state index is 12.7. The number of piperidine rings is 1. The molecule has 2 aliphatic rings. The van der Waals surface area contributed by atoms with Gasteiger partial charge in [0.2, 0.25) is 21.8 Å². The highest BCUT2D eigenvalue weighted by Crippen LogP contribution is 2.41. The Morgan fingerprint density at radius 2 is 1.75 bits per heavy atom. The van der Waals surface area contributed by atoms with E-state index in [9.17, 15) is 21.6 Å². The van der Waals surface area contributed by atoms with Crippen molar-refractivity contribution < 1.29 is 31.1 Å². The summed E-state index contributed by atoms with van der Waals surface area (Å²) in [6, 6.07) is 2.48.